The third-order valence-electron chi connectivity index (χ3n) is 4.20. The molecule has 1 saturated carbocycles. The number of nitrogens with two attached hydrogens (primary N) is 1. The molecule has 1 saturated heterocycles. The Hall–Kier alpha value is -1.04. The van der Waals surface area contributed by atoms with Crippen LogP contribution in [0.25, 0.3) is 0 Å². The van der Waals surface area contributed by atoms with Gasteiger partial charge in [0.15, 0.2) is 0 Å². The first-order valence-electron chi connectivity index (χ1n) is 7.18. The van der Waals surface area contributed by atoms with Gasteiger partial charge in [0.1, 0.15) is 10.8 Å². The third-order valence-corrected chi connectivity index (χ3v) is 4.42. The van der Waals surface area contributed by atoms with Crippen molar-refractivity contribution in [2.75, 3.05) is 26.2 Å². The highest BCUT2D eigenvalue weighted by atomic mass is 32.1. The highest BCUT2D eigenvalue weighted by molar-refractivity contribution is 7.80. The van der Waals surface area contributed by atoms with Crippen LogP contribution in [0.4, 0.5) is 4.39 Å². The predicted molar refractivity (Wildman–Crippen MR) is 82.2 cm³/mol. The van der Waals surface area contributed by atoms with Gasteiger partial charge in [0.2, 0.25) is 0 Å². The first kappa shape index (κ1) is 13.9. The minimum atomic E-state index is -0.225. The highest BCUT2D eigenvalue weighted by Gasteiger charge is 2.31. The number of hydrogen-bond donors (Lipinski definition) is 1. The van der Waals surface area contributed by atoms with E-state index in [0.29, 0.717) is 4.99 Å². The smallest absolute Gasteiger partial charge is 0.123 e. The van der Waals surface area contributed by atoms with Crippen LogP contribution in [0.2, 0.25) is 0 Å². The maximum Gasteiger partial charge on any atom is 0.123 e. The maximum atomic E-state index is 13.4. The van der Waals surface area contributed by atoms with Gasteiger partial charge >= 0.3 is 0 Å². The summed E-state index contributed by atoms with van der Waals surface area (Å²) in [6.07, 6.45) is 2.71. The van der Waals surface area contributed by atoms with Crippen molar-refractivity contribution in [3.8, 4) is 0 Å². The molecule has 0 unspecified atom stereocenters. The van der Waals surface area contributed by atoms with Gasteiger partial charge in [-0.1, -0.05) is 12.2 Å². The lowest BCUT2D eigenvalue weighted by Gasteiger charge is -2.35. The molecule has 0 radical (unpaired) electrons. The first-order chi connectivity index (χ1) is 9.63. The molecule has 0 atom stereocenters. The second-order valence-corrected chi connectivity index (χ2v) is 6.15. The van der Waals surface area contributed by atoms with Crippen LogP contribution in [0.1, 0.15) is 24.0 Å². The number of piperazine rings is 1. The summed E-state index contributed by atoms with van der Waals surface area (Å²) in [5, 5.41) is 0. The molecule has 3 rings (SSSR count). The van der Waals surface area contributed by atoms with E-state index in [1.54, 1.807) is 12.1 Å². The monoisotopic (exact) mass is 293 g/mol. The van der Waals surface area contributed by atoms with E-state index < -0.39 is 0 Å². The van der Waals surface area contributed by atoms with Crippen molar-refractivity contribution >= 4 is 17.2 Å². The summed E-state index contributed by atoms with van der Waals surface area (Å²) in [6.45, 7) is 5.02. The lowest BCUT2D eigenvalue weighted by molar-refractivity contribution is 0.121. The molecule has 2 aliphatic rings. The van der Waals surface area contributed by atoms with Crippen LogP contribution in [-0.4, -0.2) is 47.0 Å². The van der Waals surface area contributed by atoms with Gasteiger partial charge in [-0.25, -0.2) is 4.39 Å². The van der Waals surface area contributed by atoms with Crippen molar-refractivity contribution in [1.82, 2.24) is 9.80 Å². The molecule has 1 aliphatic carbocycles. The average Bonchev–Trinajstić information content (AvgIpc) is 3.24. The summed E-state index contributed by atoms with van der Waals surface area (Å²) in [5.74, 6) is -0.225. The normalized spacial score (nSPS) is 21.1. The molecule has 1 aliphatic heterocycles. The second-order valence-electron chi connectivity index (χ2n) is 5.71. The first-order valence-corrected chi connectivity index (χ1v) is 7.59. The molecule has 0 amide bonds. The van der Waals surface area contributed by atoms with Gasteiger partial charge < -0.3 is 5.73 Å². The van der Waals surface area contributed by atoms with Gasteiger partial charge in [-0.3, -0.25) is 9.80 Å². The van der Waals surface area contributed by atoms with E-state index in [1.807, 2.05) is 0 Å². The molecule has 1 aromatic carbocycles. The SMILES string of the molecule is NC(=S)c1ccc(F)cc1CN1CCN(C2CC2)CC1. The molecule has 1 aromatic rings. The van der Waals surface area contributed by atoms with E-state index in [0.717, 1.165) is 49.9 Å². The molecule has 0 aromatic heterocycles. The summed E-state index contributed by atoms with van der Waals surface area (Å²) in [4.78, 5) is 5.27. The van der Waals surface area contributed by atoms with E-state index in [9.17, 15) is 4.39 Å². The fourth-order valence-corrected chi connectivity index (χ4v) is 3.10. The second kappa shape index (κ2) is 5.76. The zero-order valence-electron chi connectivity index (χ0n) is 11.5. The number of hydrogen-bond acceptors (Lipinski definition) is 3. The Morgan fingerprint density at radius 2 is 1.95 bits per heavy atom. The lowest BCUT2D eigenvalue weighted by atomic mass is 10.1. The molecule has 20 heavy (non-hydrogen) atoms. The van der Waals surface area contributed by atoms with Crippen molar-refractivity contribution < 1.29 is 4.39 Å². The van der Waals surface area contributed by atoms with Crippen LogP contribution in [0.15, 0.2) is 18.2 Å². The zero-order valence-corrected chi connectivity index (χ0v) is 12.3. The van der Waals surface area contributed by atoms with Crippen molar-refractivity contribution in [1.29, 1.82) is 0 Å². The summed E-state index contributed by atoms with van der Waals surface area (Å²) >= 11 is 5.05. The summed E-state index contributed by atoms with van der Waals surface area (Å²) in [5.41, 5.74) is 7.42. The zero-order chi connectivity index (χ0) is 14.1. The minimum absolute atomic E-state index is 0.225. The number of halogens is 1. The molecule has 2 fully saturated rings. The highest BCUT2D eigenvalue weighted by Crippen LogP contribution is 2.27. The molecule has 3 nitrogen and oxygen atoms in total. The molecule has 1 heterocycles. The fourth-order valence-electron chi connectivity index (χ4n) is 2.90. The van der Waals surface area contributed by atoms with Gasteiger partial charge in [0.05, 0.1) is 0 Å². The van der Waals surface area contributed by atoms with Crippen molar-refractivity contribution in [3.63, 3.8) is 0 Å². The third kappa shape index (κ3) is 3.16. The van der Waals surface area contributed by atoms with Gasteiger partial charge in [0, 0.05) is 44.3 Å². The topological polar surface area (TPSA) is 32.5 Å². The van der Waals surface area contributed by atoms with Crippen molar-refractivity contribution in [2.45, 2.75) is 25.4 Å². The molecule has 0 bridgehead atoms. The van der Waals surface area contributed by atoms with Crippen LogP contribution in [0, 0.1) is 5.82 Å². The van der Waals surface area contributed by atoms with Crippen LogP contribution < -0.4 is 5.73 Å². The summed E-state index contributed by atoms with van der Waals surface area (Å²) < 4.78 is 13.4. The predicted octanol–water partition coefficient (Wildman–Crippen LogP) is 1.74. The number of rotatable bonds is 4. The molecular weight excluding hydrogens is 273 g/mol. The Kier molecular flexibility index (Phi) is 4.01. The maximum absolute atomic E-state index is 13.4. The summed E-state index contributed by atoms with van der Waals surface area (Å²) in [7, 11) is 0. The molecule has 0 spiro atoms. The Morgan fingerprint density at radius 3 is 2.55 bits per heavy atom. The van der Waals surface area contributed by atoms with E-state index in [-0.39, 0.29) is 5.82 Å². The quantitative estimate of drug-likeness (QED) is 0.857. The minimum Gasteiger partial charge on any atom is -0.389 e. The number of benzene rings is 1. The molecular formula is C15H20FN3S. The van der Waals surface area contributed by atoms with Gasteiger partial charge in [-0.2, -0.15) is 0 Å². The average molecular weight is 293 g/mol. The van der Waals surface area contributed by atoms with Gasteiger partial charge in [-0.15, -0.1) is 0 Å². The number of thiocarbonyl (C=S) groups is 1. The largest absolute Gasteiger partial charge is 0.389 e. The Morgan fingerprint density at radius 1 is 1.25 bits per heavy atom. The molecule has 108 valence electrons. The van der Waals surface area contributed by atoms with Gasteiger partial charge in [0.25, 0.3) is 0 Å². The standard InChI is InChI=1S/C15H20FN3S/c16-12-1-4-14(15(17)20)11(9-12)10-18-5-7-19(8-6-18)13-2-3-13/h1,4,9,13H,2-3,5-8,10H2,(H2,17,20). The van der Waals surface area contributed by atoms with Crippen LogP contribution >= 0.6 is 12.2 Å². The lowest BCUT2D eigenvalue weighted by Crippen LogP contribution is -2.46. The van der Waals surface area contributed by atoms with Crippen molar-refractivity contribution in [3.05, 3.63) is 35.1 Å². The van der Waals surface area contributed by atoms with E-state index in [2.05, 4.69) is 9.80 Å². The van der Waals surface area contributed by atoms with Crippen molar-refractivity contribution in [2.24, 2.45) is 5.73 Å². The van der Waals surface area contributed by atoms with E-state index in [1.165, 1.54) is 18.9 Å². The van der Waals surface area contributed by atoms with Gasteiger partial charge in [-0.05, 0) is 36.6 Å². The Bertz CT molecular complexity index is 508. The fraction of sp³-hybridized carbons (Fsp3) is 0.533. The number of nitrogens with zero attached hydrogens (tertiary/aromatic N) is 2. The Balaban J connectivity index is 1.65. The van der Waals surface area contributed by atoms with E-state index >= 15 is 0 Å². The Labute approximate surface area is 124 Å². The molecule has 2 N–H and O–H groups in total. The van der Waals surface area contributed by atoms with Crippen LogP contribution in [0.5, 0.6) is 0 Å². The van der Waals surface area contributed by atoms with Crippen LogP contribution in [-0.2, 0) is 6.54 Å². The summed E-state index contributed by atoms with van der Waals surface area (Å²) in [6, 6.07) is 5.50. The van der Waals surface area contributed by atoms with Crippen LogP contribution in [0.3, 0.4) is 0 Å². The molecule has 5 heteroatoms. The van der Waals surface area contributed by atoms with E-state index in [4.69, 9.17) is 18.0 Å².